The number of ether oxygens (including phenoxy) is 1. The minimum Gasteiger partial charge on any atom is -0.497 e. The second-order valence-electron chi connectivity index (χ2n) is 8.22. The smallest absolute Gasteiger partial charge is 0.254 e. The third-order valence-electron chi connectivity index (χ3n) is 6.11. The highest BCUT2D eigenvalue weighted by molar-refractivity contribution is 5.96. The van der Waals surface area contributed by atoms with Gasteiger partial charge in [0, 0.05) is 30.6 Å². The zero-order valence-electron chi connectivity index (χ0n) is 17.5. The van der Waals surface area contributed by atoms with E-state index in [9.17, 15) is 14.4 Å². The monoisotopic (exact) mass is 421 g/mol. The van der Waals surface area contributed by atoms with Crippen molar-refractivity contribution in [2.45, 2.75) is 25.4 Å². The molecule has 0 unspecified atom stereocenters. The predicted octanol–water partition coefficient (Wildman–Crippen LogP) is 1.98. The number of methoxy groups -OCH3 is 1. The van der Waals surface area contributed by atoms with E-state index < -0.39 is 0 Å². The molecule has 1 saturated heterocycles. The molecule has 162 valence electrons. The minimum absolute atomic E-state index is 0.0221. The van der Waals surface area contributed by atoms with Gasteiger partial charge >= 0.3 is 0 Å². The van der Waals surface area contributed by atoms with Crippen LogP contribution in [0.2, 0.25) is 0 Å². The van der Waals surface area contributed by atoms with Gasteiger partial charge in [-0.25, -0.2) is 0 Å². The van der Waals surface area contributed by atoms with Crippen LogP contribution in [0.5, 0.6) is 5.75 Å². The molecule has 1 saturated carbocycles. The van der Waals surface area contributed by atoms with Crippen LogP contribution in [-0.4, -0.2) is 48.9 Å². The maximum atomic E-state index is 12.9. The first-order valence-electron chi connectivity index (χ1n) is 10.6. The van der Waals surface area contributed by atoms with Crippen molar-refractivity contribution < 1.29 is 19.1 Å². The van der Waals surface area contributed by atoms with Crippen molar-refractivity contribution in [2.75, 3.05) is 20.2 Å². The number of hydrogen-bond acceptors (Lipinski definition) is 4. The van der Waals surface area contributed by atoms with Gasteiger partial charge in [0.2, 0.25) is 11.8 Å². The summed E-state index contributed by atoms with van der Waals surface area (Å²) in [6, 6.07) is 16.5. The van der Waals surface area contributed by atoms with Gasteiger partial charge in [0.25, 0.3) is 5.91 Å². The van der Waals surface area contributed by atoms with Crippen LogP contribution in [0.25, 0.3) is 0 Å². The van der Waals surface area contributed by atoms with Crippen LogP contribution in [0.4, 0.5) is 0 Å². The van der Waals surface area contributed by atoms with Gasteiger partial charge in [-0.3, -0.25) is 14.4 Å². The van der Waals surface area contributed by atoms with Crippen molar-refractivity contribution in [3.8, 4) is 5.75 Å². The van der Waals surface area contributed by atoms with Gasteiger partial charge in [0.05, 0.1) is 13.7 Å². The average molecular weight is 421 g/mol. The molecule has 1 heterocycles. The predicted molar refractivity (Wildman–Crippen MR) is 115 cm³/mol. The van der Waals surface area contributed by atoms with Crippen LogP contribution in [0, 0.1) is 11.8 Å². The molecule has 0 radical (unpaired) electrons. The van der Waals surface area contributed by atoms with Gasteiger partial charge in [-0.15, -0.1) is 0 Å². The van der Waals surface area contributed by atoms with Gasteiger partial charge < -0.3 is 20.3 Å². The molecule has 3 amide bonds. The number of fused-ring (bicyclic) bond motifs is 1. The molecule has 2 N–H and O–H groups in total. The fourth-order valence-corrected chi connectivity index (χ4v) is 4.52. The number of hydrogen-bond donors (Lipinski definition) is 2. The lowest BCUT2D eigenvalue weighted by molar-refractivity contribution is -0.125. The average Bonchev–Trinajstić information content (AvgIpc) is 3.12. The summed E-state index contributed by atoms with van der Waals surface area (Å²) in [4.78, 5) is 39.7. The fraction of sp³-hybridized carbons (Fsp3) is 0.375. The van der Waals surface area contributed by atoms with E-state index in [-0.39, 0.29) is 42.1 Å². The Labute approximate surface area is 181 Å². The quantitative estimate of drug-likeness (QED) is 0.773. The molecule has 4 rings (SSSR count). The van der Waals surface area contributed by atoms with E-state index in [1.165, 1.54) is 0 Å². The molecular formula is C24H27N3O4. The first-order valence-corrected chi connectivity index (χ1v) is 10.6. The lowest BCUT2D eigenvalue weighted by Crippen LogP contribution is -2.39. The molecule has 0 aromatic heterocycles. The van der Waals surface area contributed by atoms with Gasteiger partial charge in [-0.05, 0) is 48.6 Å². The lowest BCUT2D eigenvalue weighted by Gasteiger charge is -2.23. The van der Waals surface area contributed by atoms with E-state index in [1.807, 2.05) is 42.5 Å². The zero-order chi connectivity index (χ0) is 21.8. The molecule has 7 heteroatoms. The lowest BCUT2D eigenvalue weighted by atomic mass is 10.0. The number of nitrogens with one attached hydrogen (secondary N) is 2. The SMILES string of the molecule is COc1cccc(CNC(=O)[C@H]2C[C@@H]3CN(C(=O)c4ccccc4)CC(=O)N[C@@H]3C2)c1. The summed E-state index contributed by atoms with van der Waals surface area (Å²) in [7, 11) is 1.61. The largest absolute Gasteiger partial charge is 0.497 e. The highest BCUT2D eigenvalue weighted by Crippen LogP contribution is 2.34. The summed E-state index contributed by atoms with van der Waals surface area (Å²) in [5.41, 5.74) is 1.53. The van der Waals surface area contributed by atoms with E-state index >= 15 is 0 Å². The Kier molecular flexibility index (Phi) is 6.21. The Morgan fingerprint density at radius 2 is 1.94 bits per heavy atom. The molecule has 2 aromatic carbocycles. The Morgan fingerprint density at radius 1 is 1.13 bits per heavy atom. The minimum atomic E-state index is -0.187. The molecule has 0 spiro atoms. The van der Waals surface area contributed by atoms with Crippen molar-refractivity contribution in [2.24, 2.45) is 11.8 Å². The van der Waals surface area contributed by atoms with Crippen molar-refractivity contribution in [1.82, 2.24) is 15.5 Å². The number of nitrogens with zero attached hydrogens (tertiary/aromatic N) is 1. The van der Waals surface area contributed by atoms with Crippen molar-refractivity contribution in [3.63, 3.8) is 0 Å². The Morgan fingerprint density at radius 3 is 2.71 bits per heavy atom. The van der Waals surface area contributed by atoms with Gasteiger partial charge in [-0.1, -0.05) is 30.3 Å². The van der Waals surface area contributed by atoms with Crippen molar-refractivity contribution in [3.05, 3.63) is 65.7 Å². The Hall–Kier alpha value is -3.35. The summed E-state index contributed by atoms with van der Waals surface area (Å²) in [5.74, 6) is 0.280. The number of benzene rings is 2. The second-order valence-corrected chi connectivity index (χ2v) is 8.22. The summed E-state index contributed by atoms with van der Waals surface area (Å²) in [6.07, 6.45) is 1.24. The third kappa shape index (κ3) is 4.87. The van der Waals surface area contributed by atoms with Crippen LogP contribution in [0.15, 0.2) is 54.6 Å². The van der Waals surface area contributed by atoms with E-state index in [1.54, 1.807) is 24.1 Å². The van der Waals surface area contributed by atoms with Gasteiger partial charge in [0.15, 0.2) is 0 Å². The molecule has 0 bridgehead atoms. The van der Waals surface area contributed by atoms with Crippen LogP contribution in [0.1, 0.15) is 28.8 Å². The summed E-state index contributed by atoms with van der Waals surface area (Å²) in [5, 5.41) is 6.02. The molecule has 1 aliphatic heterocycles. The van der Waals surface area contributed by atoms with Crippen LogP contribution >= 0.6 is 0 Å². The second kappa shape index (κ2) is 9.20. The molecule has 2 aliphatic rings. The normalized spacial score (nSPS) is 22.8. The third-order valence-corrected chi connectivity index (χ3v) is 6.11. The highest BCUT2D eigenvalue weighted by Gasteiger charge is 2.42. The molecular weight excluding hydrogens is 394 g/mol. The molecule has 2 aromatic rings. The zero-order valence-corrected chi connectivity index (χ0v) is 17.5. The topological polar surface area (TPSA) is 87.7 Å². The van der Waals surface area contributed by atoms with Crippen LogP contribution in [-0.2, 0) is 16.1 Å². The number of carbonyl (C=O) groups is 3. The first kappa shape index (κ1) is 20.9. The van der Waals surface area contributed by atoms with E-state index in [0.717, 1.165) is 11.3 Å². The number of carbonyl (C=O) groups excluding carboxylic acids is 3. The van der Waals surface area contributed by atoms with Crippen molar-refractivity contribution >= 4 is 17.7 Å². The molecule has 7 nitrogen and oxygen atoms in total. The fourth-order valence-electron chi connectivity index (χ4n) is 4.52. The maximum Gasteiger partial charge on any atom is 0.254 e. The highest BCUT2D eigenvalue weighted by atomic mass is 16.5. The van der Waals surface area contributed by atoms with E-state index in [4.69, 9.17) is 4.74 Å². The molecule has 31 heavy (non-hydrogen) atoms. The number of rotatable bonds is 5. The van der Waals surface area contributed by atoms with Crippen LogP contribution < -0.4 is 15.4 Å². The van der Waals surface area contributed by atoms with Gasteiger partial charge in [0.1, 0.15) is 5.75 Å². The van der Waals surface area contributed by atoms with Crippen molar-refractivity contribution in [1.29, 1.82) is 0 Å². The Balaban J connectivity index is 1.38. The summed E-state index contributed by atoms with van der Waals surface area (Å²) >= 11 is 0. The maximum absolute atomic E-state index is 12.9. The van der Waals surface area contributed by atoms with E-state index in [0.29, 0.717) is 31.5 Å². The first-order chi connectivity index (χ1) is 15.0. The summed E-state index contributed by atoms with van der Waals surface area (Å²) < 4.78 is 5.22. The number of amides is 3. The van der Waals surface area contributed by atoms with E-state index in [2.05, 4.69) is 10.6 Å². The molecule has 2 fully saturated rings. The molecule has 1 aliphatic carbocycles. The molecule has 3 atom stereocenters. The standard InChI is InChI=1S/C24H27N3O4/c1-31-20-9-5-6-16(10-20)13-25-23(29)18-11-19-14-27(15-22(28)26-21(19)12-18)24(30)17-7-3-2-4-8-17/h2-10,18-19,21H,11-15H2,1H3,(H,25,29)(H,26,28)/t18-,19+,21+/m0/s1. The van der Waals surface area contributed by atoms with Crippen LogP contribution in [0.3, 0.4) is 0 Å². The summed E-state index contributed by atoms with van der Waals surface area (Å²) in [6.45, 7) is 0.942. The van der Waals surface area contributed by atoms with Gasteiger partial charge in [-0.2, -0.15) is 0 Å². The Bertz CT molecular complexity index is 962.